The lowest BCUT2D eigenvalue weighted by Gasteiger charge is -2.18. The van der Waals surface area contributed by atoms with Crippen LogP contribution in [0, 0.1) is 0 Å². The molecule has 2 aromatic heterocycles. The van der Waals surface area contributed by atoms with Crippen molar-refractivity contribution in [3.63, 3.8) is 0 Å². The van der Waals surface area contributed by atoms with Crippen molar-refractivity contribution < 1.29 is 4.79 Å². The predicted octanol–water partition coefficient (Wildman–Crippen LogP) is 5.65. The molecule has 0 aliphatic carbocycles. The van der Waals surface area contributed by atoms with Gasteiger partial charge < -0.3 is 5.32 Å². The van der Waals surface area contributed by atoms with E-state index in [1.54, 1.807) is 17.5 Å². The maximum Gasteiger partial charge on any atom is 0.221 e. The van der Waals surface area contributed by atoms with Gasteiger partial charge in [0, 0.05) is 25.1 Å². The maximum absolute atomic E-state index is 12.8. The molecule has 4 heteroatoms. The quantitative estimate of drug-likeness (QED) is 0.437. The van der Waals surface area contributed by atoms with Crippen LogP contribution in [0.25, 0.3) is 10.6 Å². The number of nitrogens with zero attached hydrogens (tertiary/aromatic N) is 1. The monoisotopic (exact) mass is 398 g/mol. The predicted molar refractivity (Wildman–Crippen MR) is 119 cm³/mol. The topological polar surface area (TPSA) is 42.0 Å². The van der Waals surface area contributed by atoms with Gasteiger partial charge in [0.15, 0.2) is 0 Å². The fourth-order valence-electron chi connectivity index (χ4n) is 3.47. The molecule has 144 valence electrons. The van der Waals surface area contributed by atoms with Gasteiger partial charge in [0.25, 0.3) is 0 Å². The van der Waals surface area contributed by atoms with Crippen LogP contribution in [0.2, 0.25) is 0 Å². The van der Waals surface area contributed by atoms with E-state index in [2.05, 4.69) is 40.6 Å². The lowest BCUT2D eigenvalue weighted by molar-refractivity contribution is -0.121. The van der Waals surface area contributed by atoms with Crippen LogP contribution >= 0.6 is 11.3 Å². The highest BCUT2D eigenvalue weighted by Crippen LogP contribution is 2.28. The lowest BCUT2D eigenvalue weighted by Crippen LogP contribution is -2.25. The molecule has 0 radical (unpaired) electrons. The number of carbonyl (C=O) groups is 1. The summed E-state index contributed by atoms with van der Waals surface area (Å²) in [5, 5.41) is 5.14. The molecule has 0 unspecified atom stereocenters. The van der Waals surface area contributed by atoms with Crippen molar-refractivity contribution in [2.24, 2.45) is 0 Å². The largest absolute Gasteiger partial charge is 0.352 e. The van der Waals surface area contributed by atoms with Crippen molar-refractivity contribution in [3.8, 4) is 10.6 Å². The van der Waals surface area contributed by atoms with Gasteiger partial charge in [0.2, 0.25) is 5.91 Å². The van der Waals surface area contributed by atoms with E-state index in [9.17, 15) is 4.79 Å². The number of hydrogen-bond donors (Lipinski definition) is 1. The minimum atomic E-state index is 0.0306. The standard InChI is InChI=1S/C25H22N2OS/c28-24(27-18-21-13-7-15-26-25(21)23-14-8-16-29-23)17-22(19-9-3-1-4-10-19)20-11-5-2-6-12-20/h1-16,22H,17-18H2,(H,27,28). The van der Waals surface area contributed by atoms with Crippen LogP contribution in [0.4, 0.5) is 0 Å². The third-order valence-electron chi connectivity index (χ3n) is 4.92. The molecule has 0 atom stereocenters. The summed E-state index contributed by atoms with van der Waals surface area (Å²) in [7, 11) is 0. The molecule has 2 heterocycles. The molecular weight excluding hydrogens is 376 g/mol. The van der Waals surface area contributed by atoms with Gasteiger partial charge in [-0.2, -0.15) is 0 Å². The Hall–Kier alpha value is -3.24. The minimum absolute atomic E-state index is 0.0306. The molecule has 2 aromatic carbocycles. The van der Waals surface area contributed by atoms with Gasteiger partial charge in [-0.25, -0.2) is 0 Å². The van der Waals surface area contributed by atoms with Crippen LogP contribution in [0.15, 0.2) is 96.5 Å². The summed E-state index contributed by atoms with van der Waals surface area (Å²) in [6.07, 6.45) is 2.20. The molecule has 0 fully saturated rings. The molecule has 0 spiro atoms. The molecule has 0 bridgehead atoms. The molecule has 0 saturated carbocycles. The molecule has 29 heavy (non-hydrogen) atoms. The van der Waals surface area contributed by atoms with Gasteiger partial charge >= 0.3 is 0 Å². The van der Waals surface area contributed by atoms with Gasteiger partial charge in [-0.1, -0.05) is 72.8 Å². The third kappa shape index (κ3) is 4.79. The van der Waals surface area contributed by atoms with E-state index in [-0.39, 0.29) is 11.8 Å². The summed E-state index contributed by atoms with van der Waals surface area (Å²) in [4.78, 5) is 18.5. The maximum atomic E-state index is 12.8. The van der Waals surface area contributed by atoms with Crippen LogP contribution in [0.5, 0.6) is 0 Å². The normalized spacial score (nSPS) is 10.8. The zero-order chi connectivity index (χ0) is 19.9. The highest BCUT2D eigenvalue weighted by molar-refractivity contribution is 7.13. The fraction of sp³-hybridized carbons (Fsp3) is 0.120. The van der Waals surface area contributed by atoms with E-state index < -0.39 is 0 Å². The summed E-state index contributed by atoms with van der Waals surface area (Å²) in [5.41, 5.74) is 4.26. The first kappa shape index (κ1) is 19.1. The SMILES string of the molecule is O=C(CC(c1ccccc1)c1ccccc1)NCc1cccnc1-c1cccs1. The Kier molecular flexibility index (Phi) is 6.13. The Morgan fingerprint density at radius 2 is 1.55 bits per heavy atom. The lowest BCUT2D eigenvalue weighted by atomic mass is 9.88. The second-order valence-corrected chi connectivity index (χ2v) is 7.79. The van der Waals surface area contributed by atoms with Crippen LogP contribution in [-0.4, -0.2) is 10.9 Å². The Bertz CT molecular complexity index is 1010. The number of carbonyl (C=O) groups excluding carboxylic acids is 1. The number of rotatable bonds is 7. The first-order valence-electron chi connectivity index (χ1n) is 9.65. The summed E-state index contributed by atoms with van der Waals surface area (Å²) in [5.74, 6) is 0.0618. The van der Waals surface area contributed by atoms with Crippen molar-refractivity contribution in [1.82, 2.24) is 10.3 Å². The van der Waals surface area contributed by atoms with Gasteiger partial charge in [0.1, 0.15) is 0 Å². The van der Waals surface area contributed by atoms with E-state index in [0.717, 1.165) is 27.3 Å². The van der Waals surface area contributed by atoms with Crippen molar-refractivity contribution in [2.75, 3.05) is 0 Å². The molecular formula is C25H22N2OS. The van der Waals surface area contributed by atoms with E-state index >= 15 is 0 Å². The molecule has 3 nitrogen and oxygen atoms in total. The Balaban J connectivity index is 1.49. The fourth-order valence-corrected chi connectivity index (χ4v) is 4.22. The van der Waals surface area contributed by atoms with Crippen molar-refractivity contribution in [1.29, 1.82) is 0 Å². The first-order chi connectivity index (χ1) is 14.3. The minimum Gasteiger partial charge on any atom is -0.352 e. The molecule has 1 amide bonds. The number of hydrogen-bond acceptors (Lipinski definition) is 3. The zero-order valence-electron chi connectivity index (χ0n) is 16.0. The summed E-state index contributed by atoms with van der Waals surface area (Å²) >= 11 is 1.65. The Morgan fingerprint density at radius 1 is 0.862 bits per heavy atom. The number of pyridine rings is 1. The van der Waals surface area contributed by atoms with Crippen LogP contribution in [0.1, 0.15) is 29.0 Å². The van der Waals surface area contributed by atoms with E-state index in [0.29, 0.717) is 13.0 Å². The molecule has 0 aliphatic rings. The van der Waals surface area contributed by atoms with Gasteiger partial charge in [-0.3, -0.25) is 9.78 Å². The zero-order valence-corrected chi connectivity index (χ0v) is 16.8. The number of thiophene rings is 1. The smallest absolute Gasteiger partial charge is 0.221 e. The second kappa shape index (κ2) is 9.30. The average molecular weight is 399 g/mol. The first-order valence-corrected chi connectivity index (χ1v) is 10.5. The highest BCUT2D eigenvalue weighted by Gasteiger charge is 2.18. The average Bonchev–Trinajstić information content (AvgIpc) is 3.32. The van der Waals surface area contributed by atoms with Gasteiger partial charge in [-0.15, -0.1) is 11.3 Å². The number of amides is 1. The second-order valence-electron chi connectivity index (χ2n) is 6.84. The van der Waals surface area contributed by atoms with Crippen LogP contribution in [-0.2, 0) is 11.3 Å². The number of nitrogens with one attached hydrogen (secondary N) is 1. The van der Waals surface area contributed by atoms with Gasteiger partial charge in [-0.05, 0) is 34.2 Å². The Morgan fingerprint density at radius 3 is 2.17 bits per heavy atom. The van der Waals surface area contributed by atoms with Crippen molar-refractivity contribution in [3.05, 3.63) is 113 Å². The third-order valence-corrected chi connectivity index (χ3v) is 5.79. The molecule has 4 aromatic rings. The summed E-state index contributed by atoms with van der Waals surface area (Å²) in [6.45, 7) is 0.468. The molecule has 0 aliphatic heterocycles. The molecule has 4 rings (SSSR count). The Labute approximate surface area is 175 Å². The van der Waals surface area contributed by atoms with E-state index in [1.165, 1.54) is 0 Å². The molecule has 0 saturated heterocycles. The van der Waals surface area contributed by atoms with Crippen molar-refractivity contribution >= 4 is 17.2 Å². The van der Waals surface area contributed by atoms with E-state index in [4.69, 9.17) is 0 Å². The highest BCUT2D eigenvalue weighted by atomic mass is 32.1. The van der Waals surface area contributed by atoms with Crippen LogP contribution < -0.4 is 5.32 Å². The number of aromatic nitrogens is 1. The van der Waals surface area contributed by atoms with Crippen LogP contribution in [0.3, 0.4) is 0 Å². The van der Waals surface area contributed by atoms with Crippen molar-refractivity contribution in [2.45, 2.75) is 18.9 Å². The number of benzene rings is 2. The van der Waals surface area contributed by atoms with Gasteiger partial charge in [0.05, 0.1) is 10.6 Å². The molecule has 1 N–H and O–H groups in total. The summed E-state index contributed by atoms with van der Waals surface area (Å²) < 4.78 is 0. The van der Waals surface area contributed by atoms with E-state index in [1.807, 2.05) is 60.0 Å². The summed E-state index contributed by atoms with van der Waals surface area (Å²) in [6, 6.07) is 28.4.